The number of hydrogen-bond acceptors (Lipinski definition) is 4. The van der Waals surface area contributed by atoms with Crippen LogP contribution in [-0.2, 0) is 16.6 Å². The number of ether oxygens (including phenoxy) is 2. The number of carbonyl (C=O) groups excluding carboxylic acids is 1. The summed E-state index contributed by atoms with van der Waals surface area (Å²) < 4.78 is 12.8. The molecule has 25 heavy (non-hydrogen) atoms. The molecule has 0 unspecified atom stereocenters. The number of methoxy groups -OCH3 is 2. The van der Waals surface area contributed by atoms with Crippen LogP contribution in [0.5, 0.6) is 5.88 Å². The number of amides is 1. The van der Waals surface area contributed by atoms with Gasteiger partial charge in [0.15, 0.2) is 6.10 Å². The summed E-state index contributed by atoms with van der Waals surface area (Å²) >= 11 is 0. The van der Waals surface area contributed by atoms with Gasteiger partial charge in [-0.25, -0.2) is 4.68 Å². The Morgan fingerprint density at radius 1 is 1.28 bits per heavy atom. The Kier molecular flexibility index (Phi) is 5.08. The number of rotatable bonds is 5. The van der Waals surface area contributed by atoms with E-state index in [2.05, 4.69) is 5.10 Å². The molecule has 0 bridgehead atoms. The van der Waals surface area contributed by atoms with E-state index in [1.807, 2.05) is 49.2 Å². The first-order valence-corrected chi connectivity index (χ1v) is 8.54. The Balaban J connectivity index is 1.93. The van der Waals surface area contributed by atoms with Crippen LogP contribution in [0.15, 0.2) is 30.3 Å². The monoisotopic (exact) mass is 343 g/mol. The second kappa shape index (κ2) is 7.27. The van der Waals surface area contributed by atoms with Crippen LogP contribution in [0.3, 0.4) is 0 Å². The van der Waals surface area contributed by atoms with Crippen molar-refractivity contribution in [2.75, 3.05) is 20.8 Å². The van der Waals surface area contributed by atoms with E-state index < -0.39 is 6.10 Å². The molecule has 2 atom stereocenters. The normalized spacial score (nSPS) is 18.4. The highest BCUT2D eigenvalue weighted by Gasteiger charge is 2.38. The Bertz CT molecular complexity index is 742. The van der Waals surface area contributed by atoms with Gasteiger partial charge in [-0.15, -0.1) is 0 Å². The van der Waals surface area contributed by atoms with Crippen LogP contribution in [0, 0.1) is 6.92 Å². The van der Waals surface area contributed by atoms with Gasteiger partial charge in [-0.1, -0.05) is 30.3 Å². The number of aromatic nitrogens is 2. The smallest absolute Gasteiger partial charge is 0.256 e. The van der Waals surface area contributed by atoms with Crippen molar-refractivity contribution in [1.29, 1.82) is 0 Å². The molecular formula is C19H25N3O3. The highest BCUT2D eigenvalue weighted by Crippen LogP contribution is 2.40. The molecule has 0 N–H and O–H groups in total. The van der Waals surface area contributed by atoms with Gasteiger partial charge in [0, 0.05) is 20.7 Å². The van der Waals surface area contributed by atoms with Gasteiger partial charge in [0.05, 0.1) is 24.4 Å². The number of likely N-dealkylation sites (tertiary alicyclic amines) is 1. The summed E-state index contributed by atoms with van der Waals surface area (Å²) in [6.45, 7) is 2.68. The standard InChI is InChI=1S/C19H25N3O3/c1-13-16(19(25-4)21(2)20-13)15-11-8-12-22(15)18(23)17(24-3)14-9-6-5-7-10-14/h5-7,9-10,15,17H,8,11-12H2,1-4H3/t15-,17-/m1/s1. The highest BCUT2D eigenvalue weighted by molar-refractivity contribution is 5.83. The van der Waals surface area contributed by atoms with Gasteiger partial charge < -0.3 is 14.4 Å². The zero-order valence-electron chi connectivity index (χ0n) is 15.2. The zero-order chi connectivity index (χ0) is 18.0. The van der Waals surface area contributed by atoms with Crippen molar-refractivity contribution in [2.45, 2.75) is 31.9 Å². The van der Waals surface area contributed by atoms with E-state index in [0.717, 1.165) is 35.5 Å². The highest BCUT2D eigenvalue weighted by atomic mass is 16.5. The van der Waals surface area contributed by atoms with E-state index >= 15 is 0 Å². The van der Waals surface area contributed by atoms with Gasteiger partial charge in [-0.05, 0) is 25.3 Å². The molecule has 1 aliphatic rings. The maximum Gasteiger partial charge on any atom is 0.256 e. The first kappa shape index (κ1) is 17.5. The Morgan fingerprint density at radius 3 is 2.64 bits per heavy atom. The van der Waals surface area contributed by atoms with E-state index in [1.165, 1.54) is 0 Å². The third-order valence-electron chi connectivity index (χ3n) is 4.84. The summed E-state index contributed by atoms with van der Waals surface area (Å²) in [7, 11) is 5.08. The maximum absolute atomic E-state index is 13.2. The molecule has 0 radical (unpaired) electrons. The number of hydrogen-bond donors (Lipinski definition) is 0. The van der Waals surface area contributed by atoms with Crippen LogP contribution >= 0.6 is 0 Å². The van der Waals surface area contributed by atoms with Crippen LogP contribution in [0.1, 0.15) is 41.8 Å². The summed E-state index contributed by atoms with van der Waals surface area (Å²) in [5.41, 5.74) is 2.77. The number of aryl methyl sites for hydroxylation is 2. The lowest BCUT2D eigenvalue weighted by Crippen LogP contribution is -2.35. The minimum atomic E-state index is -0.593. The van der Waals surface area contributed by atoms with E-state index in [-0.39, 0.29) is 11.9 Å². The van der Waals surface area contributed by atoms with Crippen LogP contribution in [0.2, 0.25) is 0 Å². The van der Waals surface area contributed by atoms with E-state index in [9.17, 15) is 4.79 Å². The molecule has 1 fully saturated rings. The lowest BCUT2D eigenvalue weighted by molar-refractivity contribution is -0.143. The molecule has 134 valence electrons. The fraction of sp³-hybridized carbons (Fsp3) is 0.474. The number of carbonyl (C=O) groups is 1. The minimum Gasteiger partial charge on any atom is -0.481 e. The first-order chi connectivity index (χ1) is 12.1. The van der Waals surface area contributed by atoms with Crippen molar-refractivity contribution in [3.8, 4) is 5.88 Å². The summed E-state index contributed by atoms with van der Waals surface area (Å²) in [5, 5.41) is 4.47. The van der Waals surface area contributed by atoms with E-state index in [4.69, 9.17) is 9.47 Å². The first-order valence-electron chi connectivity index (χ1n) is 8.54. The molecule has 6 nitrogen and oxygen atoms in total. The summed E-state index contributed by atoms with van der Waals surface area (Å²) in [5.74, 6) is 0.706. The summed E-state index contributed by atoms with van der Waals surface area (Å²) in [6, 6.07) is 9.59. The molecule has 0 saturated carbocycles. The lowest BCUT2D eigenvalue weighted by Gasteiger charge is -2.29. The fourth-order valence-corrected chi connectivity index (χ4v) is 3.77. The summed E-state index contributed by atoms with van der Waals surface area (Å²) in [6.07, 6.45) is 1.27. The van der Waals surface area contributed by atoms with E-state index in [1.54, 1.807) is 18.9 Å². The van der Waals surface area contributed by atoms with Crippen molar-refractivity contribution in [3.63, 3.8) is 0 Å². The van der Waals surface area contributed by atoms with E-state index in [0.29, 0.717) is 6.54 Å². The van der Waals surface area contributed by atoms with Crippen molar-refractivity contribution < 1.29 is 14.3 Å². The van der Waals surface area contributed by atoms with Gasteiger partial charge in [-0.2, -0.15) is 5.10 Å². The van der Waals surface area contributed by atoms with Gasteiger partial charge in [0.1, 0.15) is 0 Å². The molecule has 0 aliphatic carbocycles. The average Bonchev–Trinajstić information content (AvgIpc) is 3.19. The molecule has 1 saturated heterocycles. The molecule has 2 aromatic rings. The third kappa shape index (κ3) is 3.14. The van der Waals surface area contributed by atoms with Crippen molar-refractivity contribution in [3.05, 3.63) is 47.2 Å². The fourth-order valence-electron chi connectivity index (χ4n) is 3.77. The summed E-state index contributed by atoms with van der Waals surface area (Å²) in [4.78, 5) is 15.1. The lowest BCUT2D eigenvalue weighted by atomic mass is 10.0. The molecule has 3 rings (SSSR count). The van der Waals surface area contributed by atoms with Gasteiger partial charge in [-0.3, -0.25) is 4.79 Å². The number of nitrogens with zero attached hydrogens (tertiary/aromatic N) is 3. The Morgan fingerprint density at radius 2 is 2.00 bits per heavy atom. The zero-order valence-corrected chi connectivity index (χ0v) is 15.2. The van der Waals surface area contributed by atoms with Crippen molar-refractivity contribution in [2.24, 2.45) is 7.05 Å². The molecule has 1 aromatic carbocycles. The molecule has 0 spiro atoms. The van der Waals surface area contributed by atoms with Crippen LogP contribution in [0.25, 0.3) is 0 Å². The molecule has 1 aromatic heterocycles. The predicted molar refractivity (Wildman–Crippen MR) is 94.4 cm³/mol. The largest absolute Gasteiger partial charge is 0.481 e. The second-order valence-electron chi connectivity index (χ2n) is 6.35. The van der Waals surface area contributed by atoms with Crippen LogP contribution in [0.4, 0.5) is 0 Å². The molecule has 2 heterocycles. The average molecular weight is 343 g/mol. The second-order valence-corrected chi connectivity index (χ2v) is 6.35. The Labute approximate surface area is 148 Å². The Hall–Kier alpha value is -2.34. The molecule has 1 aliphatic heterocycles. The molecular weight excluding hydrogens is 318 g/mol. The molecule has 1 amide bonds. The van der Waals surface area contributed by atoms with Crippen molar-refractivity contribution >= 4 is 5.91 Å². The van der Waals surface area contributed by atoms with Gasteiger partial charge in [0.2, 0.25) is 5.88 Å². The predicted octanol–water partition coefficient (Wildman–Crippen LogP) is 2.79. The third-order valence-corrected chi connectivity index (χ3v) is 4.84. The quantitative estimate of drug-likeness (QED) is 0.838. The van der Waals surface area contributed by atoms with Crippen molar-refractivity contribution in [1.82, 2.24) is 14.7 Å². The minimum absolute atomic E-state index is 0.0125. The topological polar surface area (TPSA) is 56.6 Å². The van der Waals surface area contributed by atoms with Crippen LogP contribution in [-0.4, -0.2) is 41.4 Å². The van der Waals surface area contributed by atoms with Crippen LogP contribution < -0.4 is 4.74 Å². The van der Waals surface area contributed by atoms with Gasteiger partial charge >= 0.3 is 0 Å². The maximum atomic E-state index is 13.2. The SMILES string of the molecule is COc1c([C@H]2CCCN2C(=O)[C@H](OC)c2ccccc2)c(C)nn1C. The number of benzene rings is 1. The molecule has 6 heteroatoms. The van der Waals surface area contributed by atoms with Gasteiger partial charge in [0.25, 0.3) is 5.91 Å².